The van der Waals surface area contributed by atoms with Gasteiger partial charge in [0.2, 0.25) is 10.0 Å². The fourth-order valence-electron chi connectivity index (χ4n) is 5.21. The highest BCUT2D eigenvalue weighted by Crippen LogP contribution is 2.42. The molecule has 0 aliphatic heterocycles. The van der Waals surface area contributed by atoms with Crippen LogP contribution in [-0.2, 0) is 10.0 Å². The van der Waals surface area contributed by atoms with Gasteiger partial charge in [-0.15, -0.1) is 0 Å². The maximum atomic E-state index is 14.1. The number of nitrogens with one attached hydrogen (secondary N) is 1. The molecule has 9 heteroatoms. The summed E-state index contributed by atoms with van der Waals surface area (Å²) in [6, 6.07) is 25.1. The molecule has 0 aliphatic rings. The number of hydrogen-bond acceptors (Lipinski definition) is 4. The number of anilines is 1. The molecule has 0 saturated carbocycles. The van der Waals surface area contributed by atoms with Gasteiger partial charge in [0.05, 0.1) is 23.0 Å². The summed E-state index contributed by atoms with van der Waals surface area (Å²) in [5.41, 5.74) is 5.69. The lowest BCUT2D eigenvalue weighted by molar-refractivity contribution is 0.0964. The number of nitrogens with zero attached hydrogens (tertiary/aromatic N) is 2. The second-order valence-corrected chi connectivity index (χ2v) is 12.3. The number of carbonyl (C=O) groups is 1. The second kappa shape index (κ2) is 10.2. The Balaban J connectivity index is 1.64. The Labute approximate surface area is 242 Å². The van der Waals surface area contributed by atoms with E-state index in [0.29, 0.717) is 44.8 Å². The molecule has 1 amide bonds. The summed E-state index contributed by atoms with van der Waals surface area (Å²) in [6.07, 6.45) is 3.00. The maximum absolute atomic E-state index is 14.1. The number of halogens is 1. The molecule has 4 aromatic carbocycles. The molecule has 0 spiro atoms. The van der Waals surface area contributed by atoms with E-state index in [9.17, 15) is 17.6 Å². The van der Waals surface area contributed by atoms with Crippen molar-refractivity contribution in [1.82, 2.24) is 9.88 Å². The zero-order valence-electron chi connectivity index (χ0n) is 23.5. The quantitative estimate of drug-likeness (QED) is 0.232. The summed E-state index contributed by atoms with van der Waals surface area (Å²) >= 11 is 0. The van der Waals surface area contributed by atoms with Gasteiger partial charge >= 0.3 is 0 Å². The van der Waals surface area contributed by atoms with Crippen molar-refractivity contribution in [2.45, 2.75) is 6.92 Å². The Morgan fingerprint density at radius 2 is 1.69 bits per heavy atom. The molecule has 0 atom stereocenters. The fourth-order valence-corrected chi connectivity index (χ4v) is 5.72. The fraction of sp³-hybridized carbons (Fsp3) is 0.121. The van der Waals surface area contributed by atoms with Gasteiger partial charge in [0, 0.05) is 48.6 Å². The molecule has 6 aromatic rings. The third kappa shape index (κ3) is 4.71. The molecule has 7 nitrogen and oxygen atoms in total. The summed E-state index contributed by atoms with van der Waals surface area (Å²) in [5.74, 6) is -0.279. The van der Waals surface area contributed by atoms with Crippen LogP contribution in [0.3, 0.4) is 0 Å². The minimum absolute atomic E-state index is 0.324. The third-order valence-corrected chi connectivity index (χ3v) is 8.69. The van der Waals surface area contributed by atoms with Crippen LogP contribution >= 0.6 is 0 Å². The first-order valence-corrected chi connectivity index (χ1v) is 15.1. The van der Waals surface area contributed by atoms with E-state index < -0.39 is 10.0 Å². The number of aryl methyl sites for hydroxylation is 1. The molecule has 6 rings (SSSR count). The summed E-state index contributed by atoms with van der Waals surface area (Å²) < 4.78 is 48.9. The number of benzene rings is 4. The molecule has 0 radical (unpaired) electrons. The van der Waals surface area contributed by atoms with Crippen molar-refractivity contribution in [1.29, 1.82) is 0 Å². The SMILES string of the molecule is CNC(=O)c1c(-c2ccc(C)cc2)oc2cc(N(C)S(C)(=O)=O)c(-c3ccc4ccn(-c5cccc(F)c5)c4c3)cc12. The Morgan fingerprint density at radius 1 is 0.952 bits per heavy atom. The van der Waals surface area contributed by atoms with E-state index in [4.69, 9.17) is 4.42 Å². The zero-order valence-corrected chi connectivity index (χ0v) is 24.3. The van der Waals surface area contributed by atoms with E-state index in [1.54, 1.807) is 25.2 Å². The largest absolute Gasteiger partial charge is 0.455 e. The first kappa shape index (κ1) is 27.3. The lowest BCUT2D eigenvalue weighted by Gasteiger charge is -2.21. The van der Waals surface area contributed by atoms with Crippen LogP contribution in [-0.4, -0.2) is 39.2 Å². The van der Waals surface area contributed by atoms with Gasteiger partial charge in [-0.25, -0.2) is 12.8 Å². The minimum atomic E-state index is -3.66. The average Bonchev–Trinajstić information content (AvgIpc) is 3.56. The maximum Gasteiger partial charge on any atom is 0.255 e. The predicted molar refractivity (Wildman–Crippen MR) is 165 cm³/mol. The predicted octanol–water partition coefficient (Wildman–Crippen LogP) is 6.91. The van der Waals surface area contributed by atoms with Gasteiger partial charge in [0.15, 0.2) is 0 Å². The summed E-state index contributed by atoms with van der Waals surface area (Å²) in [7, 11) is -0.618. The average molecular weight is 582 g/mol. The van der Waals surface area contributed by atoms with E-state index in [0.717, 1.165) is 28.3 Å². The Hall–Kier alpha value is -4.89. The highest BCUT2D eigenvalue weighted by Gasteiger charge is 2.26. The zero-order chi connectivity index (χ0) is 29.8. The molecular formula is C33H28FN3O4S. The number of aromatic nitrogens is 1. The van der Waals surface area contributed by atoms with Crippen molar-refractivity contribution in [2.24, 2.45) is 0 Å². The van der Waals surface area contributed by atoms with Crippen molar-refractivity contribution < 1.29 is 22.0 Å². The summed E-state index contributed by atoms with van der Waals surface area (Å²) in [6.45, 7) is 1.98. The van der Waals surface area contributed by atoms with Crippen molar-refractivity contribution in [3.8, 4) is 28.1 Å². The van der Waals surface area contributed by atoms with Crippen LogP contribution in [0.5, 0.6) is 0 Å². The topological polar surface area (TPSA) is 84.6 Å². The lowest BCUT2D eigenvalue weighted by atomic mass is 9.97. The smallest absolute Gasteiger partial charge is 0.255 e. The van der Waals surface area contributed by atoms with E-state index in [2.05, 4.69) is 5.32 Å². The van der Waals surface area contributed by atoms with Gasteiger partial charge in [0.25, 0.3) is 5.91 Å². The van der Waals surface area contributed by atoms with Crippen LogP contribution in [0.25, 0.3) is 50.0 Å². The molecule has 212 valence electrons. The summed E-state index contributed by atoms with van der Waals surface area (Å²) in [4.78, 5) is 13.2. The van der Waals surface area contributed by atoms with Gasteiger partial charge in [-0.1, -0.05) is 48.0 Å². The number of hydrogen-bond donors (Lipinski definition) is 1. The molecular weight excluding hydrogens is 553 g/mol. The number of rotatable bonds is 6. The minimum Gasteiger partial charge on any atom is -0.455 e. The van der Waals surface area contributed by atoms with E-state index in [1.165, 1.54) is 23.5 Å². The van der Waals surface area contributed by atoms with E-state index >= 15 is 0 Å². The number of sulfonamides is 1. The second-order valence-electron chi connectivity index (χ2n) is 10.3. The van der Waals surface area contributed by atoms with Gasteiger partial charge in [-0.3, -0.25) is 9.10 Å². The number of fused-ring (bicyclic) bond motifs is 2. The van der Waals surface area contributed by atoms with Crippen LogP contribution < -0.4 is 9.62 Å². The number of furan rings is 1. The molecule has 0 saturated heterocycles. The normalized spacial score (nSPS) is 11.7. The highest BCUT2D eigenvalue weighted by atomic mass is 32.2. The molecule has 42 heavy (non-hydrogen) atoms. The van der Waals surface area contributed by atoms with Crippen LogP contribution in [0.4, 0.5) is 10.1 Å². The lowest BCUT2D eigenvalue weighted by Crippen LogP contribution is -2.25. The first-order valence-electron chi connectivity index (χ1n) is 13.3. The first-order chi connectivity index (χ1) is 20.0. The molecule has 0 fully saturated rings. The Kier molecular flexibility index (Phi) is 6.62. The highest BCUT2D eigenvalue weighted by molar-refractivity contribution is 7.92. The number of carbonyl (C=O) groups excluding carboxylic acids is 1. The molecule has 0 bridgehead atoms. The van der Waals surface area contributed by atoms with Crippen molar-refractivity contribution >= 4 is 43.5 Å². The molecule has 2 heterocycles. The standard InChI is InChI=1S/C33H28FN3O4S/c1-20-8-10-22(11-9-20)32-31(33(38)35-2)27-18-26(29(19-30(27)41-32)36(3)42(4,39)40)23-13-12-21-14-15-37(28(21)16-23)25-7-5-6-24(34)17-25/h5-19H,1-4H3,(H,35,38). The van der Waals surface area contributed by atoms with Gasteiger partial charge in [0.1, 0.15) is 17.2 Å². The van der Waals surface area contributed by atoms with Gasteiger partial charge in [-0.05, 0) is 54.3 Å². The van der Waals surface area contributed by atoms with Gasteiger partial charge in [-0.2, -0.15) is 0 Å². The Bertz CT molecular complexity index is 2110. The van der Waals surface area contributed by atoms with E-state index in [1.807, 2.05) is 72.3 Å². The van der Waals surface area contributed by atoms with Crippen molar-refractivity contribution in [2.75, 3.05) is 24.7 Å². The Morgan fingerprint density at radius 3 is 2.38 bits per heavy atom. The molecule has 0 aliphatic carbocycles. The van der Waals surface area contributed by atoms with Gasteiger partial charge < -0.3 is 14.3 Å². The van der Waals surface area contributed by atoms with Crippen LogP contribution in [0.2, 0.25) is 0 Å². The van der Waals surface area contributed by atoms with Crippen molar-refractivity contribution in [3.05, 3.63) is 108 Å². The summed E-state index contributed by atoms with van der Waals surface area (Å²) in [5, 5.41) is 4.19. The third-order valence-electron chi connectivity index (χ3n) is 7.50. The van der Waals surface area contributed by atoms with Crippen LogP contribution in [0, 0.1) is 12.7 Å². The molecule has 2 aromatic heterocycles. The van der Waals surface area contributed by atoms with Crippen molar-refractivity contribution in [3.63, 3.8) is 0 Å². The number of amides is 1. The van der Waals surface area contributed by atoms with Crippen LogP contribution in [0.15, 0.2) is 95.5 Å². The molecule has 0 unspecified atom stereocenters. The van der Waals surface area contributed by atoms with E-state index in [-0.39, 0.29) is 11.7 Å². The molecule has 1 N–H and O–H groups in total. The monoisotopic (exact) mass is 581 g/mol. The van der Waals surface area contributed by atoms with Crippen LogP contribution in [0.1, 0.15) is 15.9 Å².